The molecule has 11 N–H and O–H groups in total. The molecule has 6 unspecified atom stereocenters. The van der Waals surface area contributed by atoms with Crippen LogP contribution in [-0.4, -0.2) is 77.3 Å². The van der Waals surface area contributed by atoms with Crippen molar-refractivity contribution in [2.45, 2.75) is 96.0 Å². The Morgan fingerprint density at radius 1 is 0.794 bits per heavy atom. The summed E-state index contributed by atoms with van der Waals surface area (Å²) in [5.74, 6) is -3.35. The first-order chi connectivity index (χ1) is 16.0. The first kappa shape index (κ1) is 31.7. The number of carboxylic acid groups (broad SMARTS) is 1. The first-order valence-electron chi connectivity index (χ1n) is 12.0. The summed E-state index contributed by atoms with van der Waals surface area (Å²) in [5, 5.41) is 26.9. The number of carboxylic acids is 1. The third-order valence-corrected chi connectivity index (χ3v) is 5.76. The van der Waals surface area contributed by atoms with E-state index in [0.717, 1.165) is 0 Å². The molecular weight excluding hydrogens is 444 g/mol. The van der Waals surface area contributed by atoms with Crippen molar-refractivity contribution < 1.29 is 29.4 Å². The summed E-state index contributed by atoms with van der Waals surface area (Å²) in [4.78, 5) is 49.7. The van der Waals surface area contributed by atoms with E-state index in [2.05, 4.69) is 16.0 Å². The van der Waals surface area contributed by atoms with Gasteiger partial charge in [0.1, 0.15) is 18.1 Å². The van der Waals surface area contributed by atoms with Crippen LogP contribution in [0.4, 0.5) is 0 Å². The maximum absolute atomic E-state index is 13.0. The smallest absolute Gasteiger partial charge is 0.326 e. The Morgan fingerprint density at radius 3 is 1.74 bits per heavy atom. The number of hydrogen-bond donors (Lipinski definition) is 8. The van der Waals surface area contributed by atoms with E-state index in [1.807, 2.05) is 13.8 Å². The molecule has 0 heterocycles. The quantitative estimate of drug-likeness (QED) is 0.105. The summed E-state index contributed by atoms with van der Waals surface area (Å²) in [6.07, 6.45) is 2.03. The van der Waals surface area contributed by atoms with Gasteiger partial charge in [0.2, 0.25) is 17.7 Å². The van der Waals surface area contributed by atoms with Crippen LogP contribution in [0.1, 0.15) is 65.7 Å². The molecule has 0 rings (SSSR count). The fraction of sp³-hybridized carbons (Fsp3) is 0.818. The van der Waals surface area contributed by atoms with E-state index in [-0.39, 0.29) is 18.8 Å². The number of aliphatic hydroxyl groups is 1. The Labute approximate surface area is 201 Å². The number of unbranched alkanes of at least 4 members (excludes halogenated alkanes) is 2. The number of rotatable bonds is 18. The molecule has 0 radical (unpaired) electrons. The fourth-order valence-electron chi connectivity index (χ4n) is 3.21. The maximum Gasteiger partial charge on any atom is 0.326 e. The van der Waals surface area contributed by atoms with Crippen molar-refractivity contribution in [2.75, 3.05) is 13.1 Å². The van der Waals surface area contributed by atoms with Crippen molar-refractivity contribution in [3.8, 4) is 0 Å². The summed E-state index contributed by atoms with van der Waals surface area (Å²) in [5.41, 5.74) is 16.9. The Kier molecular flexibility index (Phi) is 16.0. The second-order valence-electron chi connectivity index (χ2n) is 8.67. The van der Waals surface area contributed by atoms with Crippen LogP contribution in [0.15, 0.2) is 0 Å². The molecular formula is C22H44N6O6. The van der Waals surface area contributed by atoms with Gasteiger partial charge in [0.25, 0.3) is 0 Å². The van der Waals surface area contributed by atoms with Crippen molar-refractivity contribution in [3.05, 3.63) is 0 Å². The largest absolute Gasteiger partial charge is 0.480 e. The van der Waals surface area contributed by atoms with E-state index in [1.54, 1.807) is 0 Å². The highest BCUT2D eigenvalue weighted by Gasteiger charge is 2.32. The van der Waals surface area contributed by atoms with Crippen LogP contribution in [0.3, 0.4) is 0 Å². The molecule has 0 aromatic heterocycles. The van der Waals surface area contributed by atoms with Gasteiger partial charge < -0.3 is 43.4 Å². The molecule has 0 aromatic rings. The van der Waals surface area contributed by atoms with Crippen LogP contribution in [0.2, 0.25) is 0 Å². The van der Waals surface area contributed by atoms with Crippen molar-refractivity contribution in [1.29, 1.82) is 0 Å². The summed E-state index contributed by atoms with van der Waals surface area (Å²) in [6, 6.07) is -4.41. The molecule has 0 bridgehead atoms. The van der Waals surface area contributed by atoms with Crippen LogP contribution in [0.25, 0.3) is 0 Å². The van der Waals surface area contributed by atoms with Gasteiger partial charge in [0.15, 0.2) is 0 Å². The van der Waals surface area contributed by atoms with E-state index in [0.29, 0.717) is 45.2 Å². The average molecular weight is 489 g/mol. The van der Waals surface area contributed by atoms with Crippen LogP contribution >= 0.6 is 0 Å². The molecule has 0 aliphatic heterocycles. The predicted octanol–water partition coefficient (Wildman–Crippen LogP) is -1.46. The summed E-state index contributed by atoms with van der Waals surface area (Å²) < 4.78 is 0. The molecule has 0 fully saturated rings. The van der Waals surface area contributed by atoms with Crippen LogP contribution in [-0.2, 0) is 19.2 Å². The zero-order chi connectivity index (χ0) is 26.3. The van der Waals surface area contributed by atoms with E-state index >= 15 is 0 Å². The molecule has 12 nitrogen and oxygen atoms in total. The van der Waals surface area contributed by atoms with Gasteiger partial charge in [-0.2, -0.15) is 0 Å². The molecule has 6 atom stereocenters. The van der Waals surface area contributed by atoms with E-state index in [1.165, 1.54) is 6.92 Å². The molecule has 12 heteroatoms. The molecule has 0 aromatic carbocycles. The van der Waals surface area contributed by atoms with Gasteiger partial charge in [-0.3, -0.25) is 14.4 Å². The van der Waals surface area contributed by atoms with Crippen molar-refractivity contribution in [3.63, 3.8) is 0 Å². The van der Waals surface area contributed by atoms with Crippen LogP contribution in [0, 0.1) is 5.92 Å². The SMILES string of the molecule is CCC(C)C(N)C(=O)NC(CCCCN)C(=O)NC(C(=O)NC(CCCCN)C(=O)O)C(C)O. The standard InChI is InChI=1S/C22H44N6O6/c1-4-13(2)17(25)20(31)26-15(9-5-7-11-23)19(30)28-18(14(3)29)21(32)27-16(22(33)34)10-6-8-12-24/h13-18,29H,4-12,23-25H2,1-3H3,(H,26,31)(H,27,32)(H,28,30)(H,33,34). The van der Waals surface area contributed by atoms with Gasteiger partial charge >= 0.3 is 5.97 Å². The normalized spacial score (nSPS) is 16.4. The lowest BCUT2D eigenvalue weighted by Gasteiger charge is -2.27. The Hall–Kier alpha value is -2.28. The lowest BCUT2D eigenvalue weighted by atomic mass is 9.98. The Balaban J connectivity index is 5.40. The van der Waals surface area contributed by atoms with E-state index in [4.69, 9.17) is 17.2 Å². The zero-order valence-corrected chi connectivity index (χ0v) is 20.6. The van der Waals surface area contributed by atoms with Gasteiger partial charge in [-0.05, 0) is 64.5 Å². The Bertz CT molecular complexity index is 647. The number of nitrogens with one attached hydrogen (secondary N) is 3. The monoisotopic (exact) mass is 488 g/mol. The molecule has 0 spiro atoms. The van der Waals surface area contributed by atoms with Gasteiger partial charge in [-0.15, -0.1) is 0 Å². The lowest BCUT2D eigenvalue weighted by molar-refractivity contribution is -0.143. The summed E-state index contributed by atoms with van der Waals surface area (Å²) in [7, 11) is 0. The molecule has 198 valence electrons. The van der Waals surface area contributed by atoms with E-state index < -0.39 is 54.0 Å². The highest BCUT2D eigenvalue weighted by molar-refractivity contribution is 5.94. The minimum atomic E-state index is -1.42. The van der Waals surface area contributed by atoms with Crippen molar-refractivity contribution in [1.82, 2.24) is 16.0 Å². The fourth-order valence-corrected chi connectivity index (χ4v) is 3.21. The molecule has 3 amide bonds. The lowest BCUT2D eigenvalue weighted by Crippen LogP contribution is -2.60. The minimum Gasteiger partial charge on any atom is -0.480 e. The average Bonchev–Trinajstić information content (AvgIpc) is 2.79. The number of carbonyl (C=O) groups excluding carboxylic acids is 3. The first-order valence-corrected chi connectivity index (χ1v) is 12.0. The number of carbonyl (C=O) groups is 4. The molecule has 0 saturated heterocycles. The number of aliphatic hydroxyl groups excluding tert-OH is 1. The number of amides is 3. The molecule has 34 heavy (non-hydrogen) atoms. The van der Waals surface area contributed by atoms with Gasteiger partial charge in [0, 0.05) is 0 Å². The number of aliphatic carboxylic acids is 1. The number of nitrogens with two attached hydrogens (primary N) is 3. The number of hydrogen-bond acceptors (Lipinski definition) is 8. The van der Waals surface area contributed by atoms with Gasteiger partial charge in [0.05, 0.1) is 12.1 Å². The third-order valence-electron chi connectivity index (χ3n) is 5.76. The van der Waals surface area contributed by atoms with Gasteiger partial charge in [-0.1, -0.05) is 20.3 Å². The predicted molar refractivity (Wildman–Crippen MR) is 128 cm³/mol. The second kappa shape index (κ2) is 17.2. The summed E-state index contributed by atoms with van der Waals surface area (Å²) >= 11 is 0. The molecule has 0 aliphatic rings. The molecule has 0 aliphatic carbocycles. The summed E-state index contributed by atoms with van der Waals surface area (Å²) in [6.45, 7) is 5.83. The van der Waals surface area contributed by atoms with Crippen LogP contribution < -0.4 is 33.2 Å². The minimum absolute atomic E-state index is 0.101. The van der Waals surface area contributed by atoms with Gasteiger partial charge in [-0.25, -0.2) is 4.79 Å². The topological polar surface area (TPSA) is 223 Å². The van der Waals surface area contributed by atoms with Crippen molar-refractivity contribution in [2.24, 2.45) is 23.1 Å². The zero-order valence-electron chi connectivity index (χ0n) is 20.6. The van der Waals surface area contributed by atoms with E-state index in [9.17, 15) is 29.4 Å². The highest BCUT2D eigenvalue weighted by atomic mass is 16.4. The maximum atomic E-state index is 13.0. The van der Waals surface area contributed by atoms with Crippen LogP contribution in [0.5, 0.6) is 0 Å². The third kappa shape index (κ3) is 11.7. The molecule has 0 saturated carbocycles. The van der Waals surface area contributed by atoms with Crippen molar-refractivity contribution >= 4 is 23.7 Å². The Morgan fingerprint density at radius 2 is 1.29 bits per heavy atom. The highest BCUT2D eigenvalue weighted by Crippen LogP contribution is 2.09. The second-order valence-corrected chi connectivity index (χ2v) is 8.67.